The van der Waals surface area contributed by atoms with E-state index in [0.29, 0.717) is 17.1 Å². The van der Waals surface area contributed by atoms with Gasteiger partial charge in [0.25, 0.3) is 0 Å². The summed E-state index contributed by atoms with van der Waals surface area (Å²) in [7, 11) is 0. The lowest BCUT2D eigenvalue weighted by Gasteiger charge is -2.20. The lowest BCUT2D eigenvalue weighted by molar-refractivity contribution is -0.129. The molecule has 3 nitrogen and oxygen atoms in total. The minimum absolute atomic E-state index is 0.0661. The summed E-state index contributed by atoms with van der Waals surface area (Å²) < 4.78 is 0. The molecule has 2 aliphatic heterocycles. The predicted molar refractivity (Wildman–Crippen MR) is 68.4 cm³/mol. The summed E-state index contributed by atoms with van der Waals surface area (Å²) >= 11 is 2.02. The largest absolute Gasteiger partial charge is 0.327 e. The quantitative estimate of drug-likeness (QED) is 0.814. The van der Waals surface area contributed by atoms with Crippen molar-refractivity contribution in [3.05, 3.63) is 0 Å². The number of nitrogens with zero attached hydrogens (tertiary/aromatic N) is 1. The molecule has 0 bridgehead atoms. The molecular weight excluding hydrogens is 220 g/mol. The number of carbonyl (C=O) groups excluding carboxylic acids is 1. The van der Waals surface area contributed by atoms with Crippen molar-refractivity contribution in [1.82, 2.24) is 10.2 Å². The Kier molecular flexibility index (Phi) is 4.14. The van der Waals surface area contributed by atoms with Crippen molar-refractivity contribution in [1.29, 1.82) is 0 Å². The second kappa shape index (κ2) is 5.41. The zero-order chi connectivity index (χ0) is 11.5. The summed E-state index contributed by atoms with van der Waals surface area (Å²) in [6.07, 6.45) is 3.66. The first-order chi connectivity index (χ1) is 7.72. The summed E-state index contributed by atoms with van der Waals surface area (Å²) in [5.74, 6) is 2.05. The minimum Gasteiger partial charge on any atom is -0.327 e. The minimum atomic E-state index is 0.0661. The summed E-state index contributed by atoms with van der Waals surface area (Å²) in [5, 5.41) is 4.03. The standard InChI is InChI=1S/C12H22N2OS/c1-3-9(2)11-12(15)14(8-13-11)7-10-5-4-6-16-10/h9-11,13H,3-8H2,1-2H3. The monoisotopic (exact) mass is 242 g/mol. The highest BCUT2D eigenvalue weighted by Crippen LogP contribution is 2.27. The van der Waals surface area contributed by atoms with E-state index >= 15 is 0 Å². The van der Waals surface area contributed by atoms with Crippen molar-refractivity contribution in [2.75, 3.05) is 19.0 Å². The van der Waals surface area contributed by atoms with Crippen LogP contribution in [0, 0.1) is 5.92 Å². The molecule has 0 aliphatic carbocycles. The fourth-order valence-electron chi connectivity index (χ4n) is 2.44. The highest BCUT2D eigenvalue weighted by Gasteiger charge is 2.35. The average Bonchev–Trinajstić information content (AvgIpc) is 2.90. The highest BCUT2D eigenvalue weighted by molar-refractivity contribution is 8.00. The van der Waals surface area contributed by atoms with Crippen LogP contribution in [0.1, 0.15) is 33.1 Å². The maximum atomic E-state index is 12.1. The van der Waals surface area contributed by atoms with Crippen LogP contribution in [0.15, 0.2) is 0 Å². The number of hydrogen-bond donors (Lipinski definition) is 1. The van der Waals surface area contributed by atoms with Crippen molar-refractivity contribution in [3.8, 4) is 0 Å². The van der Waals surface area contributed by atoms with Crippen LogP contribution < -0.4 is 5.32 Å². The Morgan fingerprint density at radius 1 is 1.62 bits per heavy atom. The summed E-state index contributed by atoms with van der Waals surface area (Å²) in [6.45, 7) is 6.01. The highest BCUT2D eigenvalue weighted by atomic mass is 32.2. The number of hydrogen-bond acceptors (Lipinski definition) is 3. The van der Waals surface area contributed by atoms with Crippen LogP contribution in [0.5, 0.6) is 0 Å². The Labute approximate surface area is 102 Å². The Bertz CT molecular complexity index is 253. The lowest BCUT2D eigenvalue weighted by atomic mass is 9.99. The van der Waals surface area contributed by atoms with E-state index in [1.807, 2.05) is 16.7 Å². The third kappa shape index (κ3) is 2.54. The molecule has 2 aliphatic rings. The first kappa shape index (κ1) is 12.2. The molecule has 2 saturated heterocycles. The molecule has 2 fully saturated rings. The predicted octanol–water partition coefficient (Wildman–Crippen LogP) is 1.69. The summed E-state index contributed by atoms with van der Waals surface area (Å²) in [6, 6.07) is 0.0661. The molecule has 0 aromatic carbocycles. The van der Waals surface area contributed by atoms with E-state index in [9.17, 15) is 4.79 Å². The van der Waals surface area contributed by atoms with Crippen molar-refractivity contribution in [2.45, 2.75) is 44.4 Å². The molecule has 1 N–H and O–H groups in total. The summed E-state index contributed by atoms with van der Waals surface area (Å²) in [5.41, 5.74) is 0. The molecule has 3 atom stereocenters. The van der Waals surface area contributed by atoms with E-state index in [1.165, 1.54) is 18.6 Å². The van der Waals surface area contributed by atoms with Gasteiger partial charge in [-0.05, 0) is 24.5 Å². The number of carbonyl (C=O) groups is 1. The second-order valence-electron chi connectivity index (χ2n) is 4.92. The lowest BCUT2D eigenvalue weighted by Crippen LogP contribution is -2.37. The van der Waals surface area contributed by atoms with Crippen molar-refractivity contribution in [3.63, 3.8) is 0 Å². The van der Waals surface area contributed by atoms with Crippen LogP contribution in [0.4, 0.5) is 0 Å². The molecule has 2 rings (SSSR count). The van der Waals surface area contributed by atoms with Gasteiger partial charge in [0.2, 0.25) is 5.91 Å². The van der Waals surface area contributed by atoms with E-state index in [-0.39, 0.29) is 6.04 Å². The first-order valence-corrected chi connectivity index (χ1v) is 7.41. The van der Waals surface area contributed by atoms with Gasteiger partial charge < -0.3 is 4.90 Å². The third-order valence-corrected chi connectivity index (χ3v) is 5.12. The maximum absolute atomic E-state index is 12.1. The van der Waals surface area contributed by atoms with Crippen molar-refractivity contribution in [2.24, 2.45) is 5.92 Å². The second-order valence-corrected chi connectivity index (χ2v) is 6.33. The van der Waals surface area contributed by atoms with Crippen molar-refractivity contribution >= 4 is 17.7 Å². The van der Waals surface area contributed by atoms with Gasteiger partial charge in [-0.3, -0.25) is 10.1 Å². The summed E-state index contributed by atoms with van der Waals surface area (Å²) in [4.78, 5) is 14.2. The fourth-order valence-corrected chi connectivity index (χ4v) is 3.72. The van der Waals surface area contributed by atoms with E-state index < -0.39 is 0 Å². The number of nitrogens with one attached hydrogen (secondary N) is 1. The van der Waals surface area contributed by atoms with Crippen LogP contribution in [0.3, 0.4) is 0 Å². The Balaban J connectivity index is 1.86. The van der Waals surface area contributed by atoms with Gasteiger partial charge in [-0.15, -0.1) is 0 Å². The van der Waals surface area contributed by atoms with Gasteiger partial charge in [0.05, 0.1) is 12.7 Å². The van der Waals surface area contributed by atoms with Crippen LogP contribution in [0.25, 0.3) is 0 Å². The zero-order valence-electron chi connectivity index (χ0n) is 10.2. The molecule has 92 valence electrons. The third-order valence-electron chi connectivity index (χ3n) is 3.74. The molecule has 0 saturated carbocycles. The first-order valence-electron chi connectivity index (χ1n) is 6.36. The van der Waals surface area contributed by atoms with Gasteiger partial charge >= 0.3 is 0 Å². The molecule has 0 spiro atoms. The SMILES string of the molecule is CCC(C)C1NCN(CC2CCCS2)C1=O. The van der Waals surface area contributed by atoms with Gasteiger partial charge in [-0.1, -0.05) is 20.3 Å². The molecule has 16 heavy (non-hydrogen) atoms. The number of amides is 1. The average molecular weight is 242 g/mol. The van der Waals surface area contributed by atoms with Crippen LogP contribution in [-0.4, -0.2) is 41.1 Å². The Morgan fingerprint density at radius 3 is 3.06 bits per heavy atom. The smallest absolute Gasteiger partial charge is 0.241 e. The Hall–Kier alpha value is -0.220. The van der Waals surface area contributed by atoms with Crippen molar-refractivity contribution < 1.29 is 4.79 Å². The number of rotatable bonds is 4. The molecule has 0 aromatic heterocycles. The normalized spacial score (nSPS) is 32.4. The maximum Gasteiger partial charge on any atom is 0.241 e. The zero-order valence-corrected chi connectivity index (χ0v) is 11.1. The van der Waals surface area contributed by atoms with Gasteiger partial charge in [0.1, 0.15) is 0 Å². The molecule has 3 unspecified atom stereocenters. The molecule has 1 amide bonds. The van der Waals surface area contributed by atoms with Gasteiger partial charge in [0.15, 0.2) is 0 Å². The van der Waals surface area contributed by atoms with E-state index in [2.05, 4.69) is 19.2 Å². The molecular formula is C12H22N2OS. The van der Waals surface area contributed by atoms with E-state index in [1.54, 1.807) is 0 Å². The van der Waals surface area contributed by atoms with E-state index in [0.717, 1.165) is 19.6 Å². The van der Waals surface area contributed by atoms with Crippen LogP contribution in [-0.2, 0) is 4.79 Å². The molecule has 4 heteroatoms. The molecule has 0 aromatic rings. The van der Waals surface area contributed by atoms with Gasteiger partial charge in [0, 0.05) is 11.8 Å². The molecule has 0 radical (unpaired) electrons. The topological polar surface area (TPSA) is 32.3 Å². The van der Waals surface area contributed by atoms with Crippen LogP contribution in [0.2, 0.25) is 0 Å². The Morgan fingerprint density at radius 2 is 2.44 bits per heavy atom. The number of thioether (sulfide) groups is 1. The van der Waals surface area contributed by atoms with Gasteiger partial charge in [-0.2, -0.15) is 11.8 Å². The van der Waals surface area contributed by atoms with Crippen LogP contribution >= 0.6 is 11.8 Å². The van der Waals surface area contributed by atoms with E-state index in [4.69, 9.17) is 0 Å². The fraction of sp³-hybridized carbons (Fsp3) is 0.917. The molecule has 2 heterocycles. The van der Waals surface area contributed by atoms with Gasteiger partial charge in [-0.25, -0.2) is 0 Å².